The maximum absolute atomic E-state index is 6.04. The third kappa shape index (κ3) is 2.36. The van der Waals surface area contributed by atoms with Crippen LogP contribution in [-0.4, -0.2) is 19.3 Å². The summed E-state index contributed by atoms with van der Waals surface area (Å²) < 4.78 is 4.01. The van der Waals surface area contributed by atoms with Crippen molar-refractivity contribution in [1.29, 1.82) is 0 Å². The Labute approximate surface area is 122 Å². The lowest BCUT2D eigenvalue weighted by atomic mass is 10.3. The molecule has 0 bridgehead atoms. The van der Waals surface area contributed by atoms with Gasteiger partial charge in [0.2, 0.25) is 0 Å². The van der Waals surface area contributed by atoms with E-state index in [1.54, 1.807) is 10.9 Å². The van der Waals surface area contributed by atoms with Crippen molar-refractivity contribution in [2.45, 2.75) is 26.4 Å². The number of nitrogens with zero attached hydrogens (tertiary/aromatic N) is 4. The summed E-state index contributed by atoms with van der Waals surface area (Å²) in [5.41, 5.74) is 8.38. The summed E-state index contributed by atoms with van der Waals surface area (Å²) in [7, 11) is 0. The first kappa shape index (κ1) is 13.0. The van der Waals surface area contributed by atoms with E-state index in [4.69, 9.17) is 17.3 Å². The lowest BCUT2D eigenvalue weighted by Crippen LogP contribution is -2.09. The molecule has 0 unspecified atom stereocenters. The highest BCUT2D eigenvalue weighted by Gasteiger charge is 2.11. The molecule has 20 heavy (non-hydrogen) atoms. The Kier molecular flexibility index (Phi) is 3.36. The van der Waals surface area contributed by atoms with Gasteiger partial charge in [-0.3, -0.25) is 4.68 Å². The molecule has 0 aliphatic heterocycles. The van der Waals surface area contributed by atoms with E-state index in [1.807, 2.05) is 24.4 Å². The van der Waals surface area contributed by atoms with E-state index in [-0.39, 0.29) is 0 Å². The van der Waals surface area contributed by atoms with Gasteiger partial charge in [-0.05, 0) is 24.6 Å². The summed E-state index contributed by atoms with van der Waals surface area (Å²) >= 11 is 6.04. The van der Waals surface area contributed by atoms with Crippen molar-refractivity contribution >= 4 is 28.3 Å². The normalized spacial score (nSPS) is 11.3. The zero-order chi connectivity index (χ0) is 14.1. The lowest BCUT2D eigenvalue weighted by molar-refractivity contribution is 0.593. The molecule has 5 nitrogen and oxygen atoms in total. The molecule has 3 rings (SSSR count). The van der Waals surface area contributed by atoms with Crippen molar-refractivity contribution in [2.75, 3.05) is 5.73 Å². The number of benzene rings is 1. The molecular formula is C14H16ClN5. The number of aromatic nitrogens is 4. The van der Waals surface area contributed by atoms with Gasteiger partial charge in [-0.2, -0.15) is 5.10 Å². The molecule has 0 amide bonds. The Balaban J connectivity index is 2.06. The average molecular weight is 290 g/mol. The van der Waals surface area contributed by atoms with Crippen molar-refractivity contribution in [2.24, 2.45) is 0 Å². The smallest absolute Gasteiger partial charge is 0.131 e. The second-order valence-corrected chi connectivity index (χ2v) is 5.22. The number of halogens is 1. The summed E-state index contributed by atoms with van der Waals surface area (Å²) in [5.74, 6) is 0.965. The van der Waals surface area contributed by atoms with Gasteiger partial charge in [0.15, 0.2) is 0 Å². The van der Waals surface area contributed by atoms with Gasteiger partial charge in [0.05, 0.1) is 29.5 Å². The Bertz CT molecular complexity index is 743. The quantitative estimate of drug-likeness (QED) is 0.803. The van der Waals surface area contributed by atoms with Gasteiger partial charge < -0.3 is 10.3 Å². The van der Waals surface area contributed by atoms with Gasteiger partial charge >= 0.3 is 0 Å². The van der Waals surface area contributed by atoms with Crippen molar-refractivity contribution in [1.82, 2.24) is 19.3 Å². The third-order valence-corrected chi connectivity index (χ3v) is 3.43. The number of nitrogen functional groups attached to an aromatic ring is 1. The fourth-order valence-corrected chi connectivity index (χ4v) is 2.52. The summed E-state index contributed by atoms with van der Waals surface area (Å²) in [6, 6.07) is 5.80. The molecule has 0 fully saturated rings. The minimum absolute atomic E-state index is 0.601. The van der Waals surface area contributed by atoms with Crippen LogP contribution in [0.5, 0.6) is 0 Å². The van der Waals surface area contributed by atoms with Crippen LogP contribution in [0.2, 0.25) is 5.02 Å². The molecule has 0 aliphatic carbocycles. The molecule has 0 aliphatic rings. The Morgan fingerprint density at radius 2 is 2.20 bits per heavy atom. The van der Waals surface area contributed by atoms with Gasteiger partial charge in [-0.1, -0.05) is 18.5 Å². The van der Waals surface area contributed by atoms with E-state index < -0.39 is 0 Å². The highest BCUT2D eigenvalue weighted by molar-refractivity contribution is 6.31. The summed E-state index contributed by atoms with van der Waals surface area (Å²) in [6.45, 7) is 3.67. The molecule has 1 aromatic carbocycles. The first-order valence-electron chi connectivity index (χ1n) is 6.60. The monoisotopic (exact) mass is 289 g/mol. The van der Waals surface area contributed by atoms with Crippen LogP contribution in [0.4, 0.5) is 5.69 Å². The van der Waals surface area contributed by atoms with Crippen LogP contribution in [0, 0.1) is 0 Å². The van der Waals surface area contributed by atoms with Gasteiger partial charge in [0.25, 0.3) is 0 Å². The van der Waals surface area contributed by atoms with Crippen molar-refractivity contribution < 1.29 is 0 Å². The predicted octanol–water partition coefficient (Wildman–Crippen LogP) is 2.93. The van der Waals surface area contributed by atoms with Crippen LogP contribution in [0.1, 0.15) is 19.2 Å². The van der Waals surface area contributed by atoms with Crippen LogP contribution in [0.25, 0.3) is 11.0 Å². The summed E-state index contributed by atoms with van der Waals surface area (Å²) in [4.78, 5) is 4.67. The second-order valence-electron chi connectivity index (χ2n) is 4.78. The van der Waals surface area contributed by atoms with Crippen LogP contribution >= 0.6 is 11.6 Å². The first-order valence-corrected chi connectivity index (χ1v) is 6.97. The number of anilines is 1. The molecule has 2 N–H and O–H groups in total. The lowest BCUT2D eigenvalue weighted by Gasteiger charge is -2.07. The van der Waals surface area contributed by atoms with Gasteiger partial charge in [-0.25, -0.2) is 4.98 Å². The summed E-state index contributed by atoms with van der Waals surface area (Å²) in [5, 5.41) is 4.91. The van der Waals surface area contributed by atoms with E-state index in [1.165, 1.54) is 0 Å². The van der Waals surface area contributed by atoms with Crippen molar-refractivity contribution in [3.05, 3.63) is 41.4 Å². The first-order chi connectivity index (χ1) is 9.67. The van der Waals surface area contributed by atoms with E-state index in [0.717, 1.165) is 29.8 Å². The molecule has 0 atom stereocenters. The van der Waals surface area contributed by atoms with Crippen LogP contribution in [0.15, 0.2) is 30.6 Å². The van der Waals surface area contributed by atoms with E-state index in [2.05, 4.69) is 21.6 Å². The van der Waals surface area contributed by atoms with Gasteiger partial charge in [-0.15, -0.1) is 0 Å². The molecule has 3 aromatic rings. The summed E-state index contributed by atoms with van der Waals surface area (Å²) in [6.07, 6.45) is 4.49. The molecular weight excluding hydrogens is 274 g/mol. The number of imidazole rings is 1. The minimum atomic E-state index is 0.601. The number of hydrogen-bond acceptors (Lipinski definition) is 3. The third-order valence-electron chi connectivity index (χ3n) is 3.19. The van der Waals surface area contributed by atoms with Crippen molar-refractivity contribution in [3.63, 3.8) is 0 Å². The topological polar surface area (TPSA) is 61.7 Å². The molecule has 0 spiro atoms. The van der Waals surface area contributed by atoms with Gasteiger partial charge in [0.1, 0.15) is 5.82 Å². The maximum atomic E-state index is 6.04. The Morgan fingerprint density at radius 3 is 2.90 bits per heavy atom. The second kappa shape index (κ2) is 5.17. The average Bonchev–Trinajstić information content (AvgIpc) is 2.95. The number of fused-ring (bicyclic) bond motifs is 1. The fraction of sp³-hybridized carbons (Fsp3) is 0.286. The van der Waals surface area contributed by atoms with Gasteiger partial charge in [0, 0.05) is 17.8 Å². The minimum Gasteiger partial charge on any atom is -0.396 e. The molecule has 0 saturated heterocycles. The highest BCUT2D eigenvalue weighted by Crippen LogP contribution is 2.21. The standard InChI is InChI=1S/C14H16ClN5/c1-2-5-20-13-4-3-10(15)6-12(13)18-14(20)9-19-8-11(16)7-17-19/h3-4,6-8H,2,5,9,16H2,1H3. The fourth-order valence-electron chi connectivity index (χ4n) is 2.36. The molecule has 6 heteroatoms. The van der Waals surface area contributed by atoms with E-state index in [0.29, 0.717) is 17.3 Å². The SMILES string of the molecule is CCCn1c(Cn2cc(N)cn2)nc2cc(Cl)ccc21. The number of aryl methyl sites for hydroxylation is 1. The predicted molar refractivity (Wildman–Crippen MR) is 80.8 cm³/mol. The maximum Gasteiger partial charge on any atom is 0.131 e. The van der Waals surface area contributed by atoms with Crippen LogP contribution < -0.4 is 5.73 Å². The molecule has 2 heterocycles. The molecule has 0 saturated carbocycles. The van der Waals surface area contributed by atoms with Crippen LogP contribution in [0.3, 0.4) is 0 Å². The molecule has 104 valence electrons. The van der Waals surface area contributed by atoms with E-state index >= 15 is 0 Å². The number of rotatable bonds is 4. The zero-order valence-electron chi connectivity index (χ0n) is 11.3. The molecule has 0 radical (unpaired) electrons. The Hall–Kier alpha value is -2.01. The Morgan fingerprint density at radius 1 is 1.35 bits per heavy atom. The highest BCUT2D eigenvalue weighted by atomic mass is 35.5. The van der Waals surface area contributed by atoms with Crippen molar-refractivity contribution in [3.8, 4) is 0 Å². The number of nitrogens with two attached hydrogens (primary N) is 1. The van der Waals surface area contributed by atoms with Crippen LogP contribution in [-0.2, 0) is 13.1 Å². The largest absolute Gasteiger partial charge is 0.396 e. The zero-order valence-corrected chi connectivity index (χ0v) is 12.0. The molecule has 2 aromatic heterocycles. The van der Waals surface area contributed by atoms with E-state index in [9.17, 15) is 0 Å². The number of hydrogen-bond donors (Lipinski definition) is 1.